The number of hydrogen-bond acceptors (Lipinski definition) is 2. The van der Waals surface area contributed by atoms with Crippen LogP contribution in [0.4, 0.5) is 0 Å². The van der Waals surface area contributed by atoms with Crippen molar-refractivity contribution in [3.8, 4) is 22.5 Å². The van der Waals surface area contributed by atoms with Crippen molar-refractivity contribution in [2.24, 2.45) is 5.92 Å². The summed E-state index contributed by atoms with van der Waals surface area (Å²) >= 11 is 1.92. The van der Waals surface area contributed by atoms with Crippen LogP contribution in [0.25, 0.3) is 28.1 Å². The fourth-order valence-corrected chi connectivity index (χ4v) is 5.48. The molecule has 0 N–H and O–H groups in total. The normalized spacial score (nSPS) is 19.7. The fraction of sp³-hybridized carbons (Fsp3) is 0.222. The summed E-state index contributed by atoms with van der Waals surface area (Å²) in [5, 5.41) is 2.82. The van der Waals surface area contributed by atoms with Crippen LogP contribution in [0.2, 0.25) is 0 Å². The predicted octanol–water partition coefficient (Wildman–Crippen LogP) is 7.22. The summed E-state index contributed by atoms with van der Waals surface area (Å²) in [6.07, 6.45) is 11.3. The van der Waals surface area contributed by atoms with E-state index in [2.05, 4.69) is 102 Å². The van der Waals surface area contributed by atoms with Gasteiger partial charge in [0.1, 0.15) is 5.82 Å². The van der Waals surface area contributed by atoms with Crippen LogP contribution in [0, 0.1) is 5.92 Å². The molecule has 2 aliphatic rings. The summed E-state index contributed by atoms with van der Waals surface area (Å²) in [4.78, 5) is 5.31. The summed E-state index contributed by atoms with van der Waals surface area (Å²) in [7, 11) is 0. The lowest BCUT2D eigenvalue weighted by Crippen LogP contribution is -2.15. The Morgan fingerprint density at radius 2 is 1.60 bits per heavy atom. The molecule has 2 aromatic carbocycles. The van der Waals surface area contributed by atoms with Crippen molar-refractivity contribution in [2.45, 2.75) is 31.6 Å². The van der Waals surface area contributed by atoms with Crippen molar-refractivity contribution in [1.29, 1.82) is 0 Å². The van der Waals surface area contributed by atoms with Gasteiger partial charge in [-0.15, -0.1) is 11.8 Å². The number of hydrogen-bond donors (Lipinski definition) is 0. The number of imidazole rings is 1. The number of benzene rings is 2. The minimum Gasteiger partial charge on any atom is -0.324 e. The maximum Gasteiger partial charge on any atom is 0.138 e. The van der Waals surface area contributed by atoms with Crippen LogP contribution in [0.5, 0.6) is 0 Å². The Hall–Kier alpha value is -2.78. The molecule has 0 radical (unpaired) electrons. The second-order valence-electron chi connectivity index (χ2n) is 7.84. The molecule has 3 heteroatoms. The van der Waals surface area contributed by atoms with Gasteiger partial charge < -0.3 is 4.57 Å². The molecule has 0 spiro atoms. The highest BCUT2D eigenvalue weighted by molar-refractivity contribution is 8.03. The molecule has 5 rings (SSSR count). The SMILES string of the molecule is CCCCn1c(C2=CSC3C=CC=CC23)nc(-c2ccccc2)c1-c1ccccc1. The van der Waals surface area contributed by atoms with Gasteiger partial charge in [0.2, 0.25) is 0 Å². The second-order valence-corrected chi connectivity index (χ2v) is 8.89. The zero-order valence-electron chi connectivity index (χ0n) is 17.2. The topological polar surface area (TPSA) is 17.8 Å². The molecule has 1 aromatic heterocycles. The number of nitrogens with zero attached hydrogens (tertiary/aromatic N) is 2. The molecule has 150 valence electrons. The molecule has 30 heavy (non-hydrogen) atoms. The molecule has 1 aliphatic heterocycles. The number of allylic oxidation sites excluding steroid dienone is 4. The molecular weight excluding hydrogens is 384 g/mol. The lowest BCUT2D eigenvalue weighted by atomic mass is 9.92. The third-order valence-corrected chi connectivity index (χ3v) is 7.01. The molecule has 0 saturated carbocycles. The van der Waals surface area contributed by atoms with E-state index in [0.717, 1.165) is 30.9 Å². The van der Waals surface area contributed by atoms with Crippen LogP contribution in [-0.2, 0) is 6.54 Å². The van der Waals surface area contributed by atoms with Crippen LogP contribution < -0.4 is 0 Å². The average molecular weight is 411 g/mol. The summed E-state index contributed by atoms with van der Waals surface area (Å²) in [6, 6.07) is 21.4. The molecule has 2 heterocycles. The minimum atomic E-state index is 0.398. The van der Waals surface area contributed by atoms with E-state index < -0.39 is 0 Å². The van der Waals surface area contributed by atoms with Gasteiger partial charge in [0.15, 0.2) is 0 Å². The van der Waals surface area contributed by atoms with Gasteiger partial charge in [0.25, 0.3) is 0 Å². The summed E-state index contributed by atoms with van der Waals surface area (Å²) in [5.41, 5.74) is 6.07. The van der Waals surface area contributed by atoms with E-state index in [1.54, 1.807) is 0 Å². The van der Waals surface area contributed by atoms with E-state index >= 15 is 0 Å². The van der Waals surface area contributed by atoms with Gasteiger partial charge in [-0.2, -0.15) is 0 Å². The van der Waals surface area contributed by atoms with Crippen molar-refractivity contribution in [3.05, 3.63) is 96.2 Å². The molecule has 2 atom stereocenters. The van der Waals surface area contributed by atoms with E-state index in [0.29, 0.717) is 11.2 Å². The molecule has 2 unspecified atom stereocenters. The predicted molar refractivity (Wildman–Crippen MR) is 129 cm³/mol. The highest BCUT2D eigenvalue weighted by atomic mass is 32.2. The van der Waals surface area contributed by atoms with Crippen molar-refractivity contribution in [2.75, 3.05) is 0 Å². The molecule has 3 aromatic rings. The number of rotatable bonds is 6. The Morgan fingerprint density at radius 3 is 2.33 bits per heavy atom. The molecule has 0 bridgehead atoms. The van der Waals surface area contributed by atoms with E-state index in [4.69, 9.17) is 4.98 Å². The van der Waals surface area contributed by atoms with Crippen molar-refractivity contribution >= 4 is 17.3 Å². The smallest absolute Gasteiger partial charge is 0.138 e. The van der Waals surface area contributed by atoms with E-state index in [-0.39, 0.29) is 0 Å². The summed E-state index contributed by atoms with van der Waals surface area (Å²) in [6.45, 7) is 3.24. The van der Waals surface area contributed by atoms with Crippen LogP contribution in [0.15, 0.2) is 90.4 Å². The molecule has 0 amide bonds. The Bertz CT molecular complexity index is 1110. The lowest BCUT2D eigenvalue weighted by molar-refractivity contribution is 0.626. The van der Waals surface area contributed by atoms with Gasteiger partial charge in [0, 0.05) is 34.4 Å². The van der Waals surface area contributed by atoms with Gasteiger partial charge in [0.05, 0.1) is 11.4 Å². The monoisotopic (exact) mass is 410 g/mol. The Balaban J connectivity index is 1.72. The second kappa shape index (κ2) is 8.53. The van der Waals surface area contributed by atoms with Crippen LogP contribution in [0.3, 0.4) is 0 Å². The first-order valence-corrected chi connectivity index (χ1v) is 11.7. The van der Waals surface area contributed by atoms with Gasteiger partial charge in [-0.25, -0.2) is 4.98 Å². The molecule has 2 nitrogen and oxygen atoms in total. The van der Waals surface area contributed by atoms with Gasteiger partial charge in [-0.05, 0) is 11.8 Å². The zero-order valence-corrected chi connectivity index (χ0v) is 18.1. The first-order valence-electron chi connectivity index (χ1n) is 10.8. The minimum absolute atomic E-state index is 0.398. The molecular formula is C27H26N2S. The van der Waals surface area contributed by atoms with Crippen molar-refractivity contribution < 1.29 is 0 Å². The fourth-order valence-electron chi connectivity index (χ4n) is 4.32. The first-order chi connectivity index (χ1) is 14.9. The molecule has 0 fully saturated rings. The average Bonchev–Trinajstić information content (AvgIpc) is 3.40. The largest absolute Gasteiger partial charge is 0.324 e. The number of unbranched alkanes of at least 4 members (excludes halogenated alkanes) is 1. The summed E-state index contributed by atoms with van der Waals surface area (Å²) in [5.74, 6) is 1.52. The molecule has 1 aliphatic carbocycles. The third-order valence-electron chi connectivity index (χ3n) is 5.85. The van der Waals surface area contributed by atoms with Gasteiger partial charge in [-0.1, -0.05) is 98.3 Å². The van der Waals surface area contributed by atoms with Crippen molar-refractivity contribution in [3.63, 3.8) is 0 Å². The highest BCUT2D eigenvalue weighted by Gasteiger charge is 2.33. The zero-order chi connectivity index (χ0) is 20.3. The summed E-state index contributed by atoms with van der Waals surface area (Å²) < 4.78 is 2.47. The number of aromatic nitrogens is 2. The number of thioether (sulfide) groups is 1. The number of fused-ring (bicyclic) bond motifs is 1. The van der Waals surface area contributed by atoms with E-state index in [1.807, 2.05) is 11.8 Å². The third kappa shape index (κ3) is 3.48. The maximum absolute atomic E-state index is 5.31. The lowest BCUT2D eigenvalue weighted by Gasteiger charge is -2.19. The Kier molecular flexibility index (Phi) is 5.46. The quantitative estimate of drug-likeness (QED) is 0.427. The van der Waals surface area contributed by atoms with Crippen molar-refractivity contribution in [1.82, 2.24) is 9.55 Å². The van der Waals surface area contributed by atoms with E-state index in [9.17, 15) is 0 Å². The van der Waals surface area contributed by atoms with Gasteiger partial charge >= 0.3 is 0 Å². The van der Waals surface area contributed by atoms with Crippen LogP contribution in [-0.4, -0.2) is 14.8 Å². The standard InChI is InChI=1S/C27H26N2S/c1-2-3-18-29-26(21-14-8-5-9-15-21)25(20-12-6-4-7-13-20)28-27(29)23-19-30-24-17-11-10-16-22(23)24/h4-17,19,22,24H,2-3,18H2,1H3. The Labute approximate surface area is 183 Å². The van der Waals surface area contributed by atoms with Crippen LogP contribution >= 0.6 is 11.8 Å². The first kappa shape index (κ1) is 19.2. The maximum atomic E-state index is 5.31. The van der Waals surface area contributed by atoms with Crippen LogP contribution in [0.1, 0.15) is 25.6 Å². The highest BCUT2D eigenvalue weighted by Crippen LogP contribution is 2.46. The Morgan fingerprint density at radius 1 is 0.900 bits per heavy atom. The molecule has 0 saturated heterocycles. The van der Waals surface area contributed by atoms with E-state index in [1.165, 1.54) is 22.4 Å². The van der Waals surface area contributed by atoms with Gasteiger partial charge in [-0.3, -0.25) is 0 Å².